The summed E-state index contributed by atoms with van der Waals surface area (Å²) in [5, 5.41) is 11.0. The maximum atomic E-state index is 8.97. The number of aryl methyl sites for hydroxylation is 1. The molecule has 0 radical (unpaired) electrons. The van der Waals surface area contributed by atoms with Crippen LogP contribution in [0, 0.1) is 6.92 Å². The van der Waals surface area contributed by atoms with E-state index in [9.17, 15) is 0 Å². The molecule has 2 nitrogen and oxygen atoms in total. The fraction of sp³-hybridized carbons (Fsp3) is 0.500. The van der Waals surface area contributed by atoms with Crippen molar-refractivity contribution in [2.45, 2.75) is 19.4 Å². The van der Waals surface area contributed by atoms with Gasteiger partial charge in [0.05, 0.1) is 12.1 Å². The van der Waals surface area contributed by atoms with Crippen LogP contribution in [-0.2, 0) is 5.54 Å². The third-order valence-corrected chi connectivity index (χ3v) is 3.01. The number of hydrogen-bond donors (Lipinski definition) is 2. The molecule has 1 atom stereocenters. The van der Waals surface area contributed by atoms with Gasteiger partial charge in [0.1, 0.15) is 0 Å². The van der Waals surface area contributed by atoms with Crippen molar-refractivity contribution in [3.63, 3.8) is 0 Å². The highest BCUT2D eigenvalue weighted by Crippen LogP contribution is 2.26. The summed E-state index contributed by atoms with van der Waals surface area (Å²) in [4.78, 5) is 1.07. The Labute approximate surface area is 70.7 Å². The largest absolute Gasteiger partial charge is 0.394 e. The van der Waals surface area contributed by atoms with Gasteiger partial charge in [0.2, 0.25) is 0 Å². The van der Waals surface area contributed by atoms with Gasteiger partial charge in [-0.2, -0.15) is 0 Å². The monoisotopic (exact) mass is 171 g/mol. The van der Waals surface area contributed by atoms with Crippen LogP contribution < -0.4 is 5.73 Å². The number of hydrogen-bond acceptors (Lipinski definition) is 3. The molecule has 3 N–H and O–H groups in total. The fourth-order valence-corrected chi connectivity index (χ4v) is 2.03. The van der Waals surface area contributed by atoms with E-state index in [-0.39, 0.29) is 6.61 Å². The van der Waals surface area contributed by atoms with Crippen LogP contribution in [0.3, 0.4) is 0 Å². The van der Waals surface area contributed by atoms with Gasteiger partial charge in [0.25, 0.3) is 0 Å². The molecule has 0 aliphatic carbocycles. The lowest BCUT2D eigenvalue weighted by Gasteiger charge is -2.20. The second-order valence-corrected chi connectivity index (χ2v) is 3.92. The Morgan fingerprint density at radius 3 is 2.73 bits per heavy atom. The molecular formula is C8H13NOS. The minimum Gasteiger partial charge on any atom is -0.394 e. The molecule has 1 rings (SSSR count). The van der Waals surface area contributed by atoms with Crippen LogP contribution in [0.1, 0.15) is 17.4 Å². The van der Waals surface area contributed by atoms with Crippen molar-refractivity contribution in [1.29, 1.82) is 0 Å². The molecular weight excluding hydrogens is 158 g/mol. The number of aliphatic hydroxyl groups is 1. The van der Waals surface area contributed by atoms with Crippen molar-refractivity contribution in [2.75, 3.05) is 6.61 Å². The van der Waals surface area contributed by atoms with Crippen molar-refractivity contribution in [2.24, 2.45) is 5.73 Å². The summed E-state index contributed by atoms with van der Waals surface area (Å²) < 4.78 is 0. The maximum absolute atomic E-state index is 8.97. The number of aliphatic hydroxyl groups excluding tert-OH is 1. The highest BCUT2D eigenvalue weighted by Gasteiger charge is 2.22. The van der Waals surface area contributed by atoms with E-state index >= 15 is 0 Å². The summed E-state index contributed by atoms with van der Waals surface area (Å²) in [6, 6.07) is 2.01. The number of nitrogens with two attached hydrogens (primary N) is 1. The van der Waals surface area contributed by atoms with Crippen LogP contribution in [0.2, 0.25) is 0 Å². The summed E-state index contributed by atoms with van der Waals surface area (Å²) in [5.41, 5.74) is 6.43. The quantitative estimate of drug-likeness (QED) is 0.703. The van der Waals surface area contributed by atoms with Crippen LogP contribution >= 0.6 is 11.3 Å². The van der Waals surface area contributed by atoms with Crippen LogP contribution in [0.25, 0.3) is 0 Å². The highest BCUT2D eigenvalue weighted by molar-refractivity contribution is 7.10. The standard InChI is InChI=1S/C8H13NOS/c1-6-3-4-11-7(6)8(2,9)5-10/h3-4,10H,5,9H2,1-2H3/t8-/m1/s1. The Balaban J connectivity index is 3.00. The predicted molar refractivity (Wildman–Crippen MR) is 47.7 cm³/mol. The van der Waals surface area contributed by atoms with Crippen molar-refractivity contribution in [3.05, 3.63) is 21.9 Å². The molecule has 0 aliphatic rings. The minimum atomic E-state index is -0.571. The smallest absolute Gasteiger partial charge is 0.0711 e. The highest BCUT2D eigenvalue weighted by atomic mass is 32.1. The van der Waals surface area contributed by atoms with Crippen molar-refractivity contribution in [3.8, 4) is 0 Å². The summed E-state index contributed by atoms with van der Waals surface area (Å²) >= 11 is 1.60. The summed E-state index contributed by atoms with van der Waals surface area (Å²) in [7, 11) is 0. The molecule has 11 heavy (non-hydrogen) atoms. The van der Waals surface area contributed by atoms with Crippen LogP contribution in [0.15, 0.2) is 11.4 Å². The lowest BCUT2D eigenvalue weighted by Crippen LogP contribution is -2.36. The van der Waals surface area contributed by atoms with Crippen LogP contribution in [0.5, 0.6) is 0 Å². The van der Waals surface area contributed by atoms with Gasteiger partial charge in [-0.15, -0.1) is 11.3 Å². The van der Waals surface area contributed by atoms with Crippen molar-refractivity contribution < 1.29 is 5.11 Å². The third kappa shape index (κ3) is 1.61. The Kier molecular flexibility index (Phi) is 2.32. The molecule has 0 unspecified atom stereocenters. The van der Waals surface area contributed by atoms with Gasteiger partial charge in [-0.1, -0.05) is 0 Å². The Morgan fingerprint density at radius 2 is 2.36 bits per heavy atom. The second-order valence-electron chi connectivity index (χ2n) is 3.01. The first-order chi connectivity index (χ1) is 5.08. The van der Waals surface area contributed by atoms with E-state index in [4.69, 9.17) is 10.8 Å². The van der Waals surface area contributed by atoms with E-state index in [2.05, 4.69) is 0 Å². The Hall–Kier alpha value is -0.380. The zero-order valence-corrected chi connectivity index (χ0v) is 7.61. The summed E-state index contributed by atoms with van der Waals surface area (Å²) in [6.45, 7) is 3.84. The average molecular weight is 171 g/mol. The molecule has 1 aromatic rings. The molecule has 3 heteroatoms. The molecule has 0 amide bonds. The van der Waals surface area contributed by atoms with Crippen molar-refractivity contribution >= 4 is 11.3 Å². The molecule has 1 heterocycles. The van der Waals surface area contributed by atoms with Crippen LogP contribution in [0.4, 0.5) is 0 Å². The van der Waals surface area contributed by atoms with Crippen LogP contribution in [-0.4, -0.2) is 11.7 Å². The first-order valence-corrected chi connectivity index (χ1v) is 4.40. The molecule has 1 aromatic heterocycles. The van der Waals surface area contributed by atoms with Gasteiger partial charge in [-0.05, 0) is 30.9 Å². The van der Waals surface area contributed by atoms with Gasteiger partial charge in [0.15, 0.2) is 0 Å². The zero-order chi connectivity index (χ0) is 8.48. The van der Waals surface area contributed by atoms with Gasteiger partial charge in [0, 0.05) is 4.88 Å². The lowest BCUT2D eigenvalue weighted by molar-refractivity contribution is 0.212. The molecule has 0 aromatic carbocycles. The van der Waals surface area contributed by atoms with Crippen molar-refractivity contribution in [1.82, 2.24) is 0 Å². The molecule has 0 bridgehead atoms. The minimum absolute atomic E-state index is 0.00560. The molecule has 62 valence electrons. The molecule has 0 saturated heterocycles. The zero-order valence-electron chi connectivity index (χ0n) is 6.79. The first-order valence-electron chi connectivity index (χ1n) is 3.52. The number of rotatable bonds is 2. The van der Waals surface area contributed by atoms with E-state index < -0.39 is 5.54 Å². The fourth-order valence-electron chi connectivity index (χ4n) is 1.03. The molecule has 0 saturated carbocycles. The second kappa shape index (κ2) is 2.93. The summed E-state index contributed by atoms with van der Waals surface area (Å²) in [5.74, 6) is 0. The van der Waals surface area contributed by atoms with E-state index in [1.165, 1.54) is 0 Å². The molecule has 0 spiro atoms. The normalized spacial score (nSPS) is 16.4. The number of thiophene rings is 1. The van der Waals surface area contributed by atoms with E-state index in [0.29, 0.717) is 0 Å². The van der Waals surface area contributed by atoms with Gasteiger partial charge < -0.3 is 10.8 Å². The average Bonchev–Trinajstić information content (AvgIpc) is 2.36. The van der Waals surface area contributed by atoms with Gasteiger partial charge >= 0.3 is 0 Å². The van der Waals surface area contributed by atoms with E-state index in [1.807, 2.05) is 25.3 Å². The molecule has 0 aliphatic heterocycles. The van der Waals surface area contributed by atoms with Gasteiger partial charge in [-0.25, -0.2) is 0 Å². The lowest BCUT2D eigenvalue weighted by atomic mass is 10.0. The topological polar surface area (TPSA) is 46.2 Å². The SMILES string of the molecule is Cc1ccsc1[C@](C)(N)CO. The van der Waals surface area contributed by atoms with E-state index in [1.54, 1.807) is 11.3 Å². The van der Waals surface area contributed by atoms with E-state index in [0.717, 1.165) is 10.4 Å². The Morgan fingerprint density at radius 1 is 1.73 bits per heavy atom. The summed E-state index contributed by atoms with van der Waals surface area (Å²) in [6.07, 6.45) is 0. The predicted octanol–water partition coefficient (Wildman–Crippen LogP) is 1.22. The van der Waals surface area contributed by atoms with Gasteiger partial charge in [-0.3, -0.25) is 0 Å². The Bertz CT molecular complexity index is 242. The maximum Gasteiger partial charge on any atom is 0.0711 e. The third-order valence-electron chi connectivity index (χ3n) is 1.71. The first kappa shape index (κ1) is 8.71. The molecule has 0 fully saturated rings.